The zero-order valence-electron chi connectivity index (χ0n) is 12.8. The van der Waals surface area contributed by atoms with E-state index in [2.05, 4.69) is 5.32 Å². The SMILES string of the molecule is Cc1ccc(NC(=O)C2CCN(c3cccc(F)c3)C2=O)cc1. The zero-order chi connectivity index (χ0) is 16.4. The van der Waals surface area contributed by atoms with Crippen LogP contribution in [0.25, 0.3) is 0 Å². The van der Waals surface area contributed by atoms with E-state index in [9.17, 15) is 14.0 Å². The van der Waals surface area contributed by atoms with Crippen LogP contribution in [0.5, 0.6) is 0 Å². The second-order valence-corrected chi connectivity index (χ2v) is 5.67. The van der Waals surface area contributed by atoms with Gasteiger partial charge in [-0.2, -0.15) is 0 Å². The summed E-state index contributed by atoms with van der Waals surface area (Å²) < 4.78 is 13.3. The average Bonchev–Trinajstić information content (AvgIpc) is 2.91. The number of carbonyl (C=O) groups excluding carboxylic acids is 2. The molecule has 0 aliphatic carbocycles. The number of amides is 2. The quantitative estimate of drug-likeness (QED) is 0.885. The number of carbonyl (C=O) groups is 2. The summed E-state index contributed by atoms with van der Waals surface area (Å²) in [6, 6.07) is 13.2. The monoisotopic (exact) mass is 312 g/mol. The van der Waals surface area contributed by atoms with E-state index in [1.54, 1.807) is 24.3 Å². The second kappa shape index (κ2) is 6.20. The number of hydrogen-bond acceptors (Lipinski definition) is 2. The first kappa shape index (κ1) is 15.2. The minimum Gasteiger partial charge on any atom is -0.325 e. The van der Waals surface area contributed by atoms with E-state index in [1.807, 2.05) is 19.1 Å². The molecule has 1 heterocycles. The molecule has 1 N–H and O–H groups in total. The first-order chi connectivity index (χ1) is 11.0. The third-order valence-corrected chi connectivity index (χ3v) is 3.96. The van der Waals surface area contributed by atoms with Crippen molar-refractivity contribution in [3.63, 3.8) is 0 Å². The normalized spacial score (nSPS) is 17.4. The topological polar surface area (TPSA) is 49.4 Å². The Kier molecular flexibility index (Phi) is 4.10. The first-order valence-corrected chi connectivity index (χ1v) is 7.49. The Bertz CT molecular complexity index is 743. The Morgan fingerprint density at radius 2 is 1.96 bits per heavy atom. The number of nitrogens with zero attached hydrogens (tertiary/aromatic N) is 1. The minimum atomic E-state index is -0.737. The van der Waals surface area contributed by atoms with Crippen LogP contribution < -0.4 is 10.2 Å². The van der Waals surface area contributed by atoms with E-state index in [0.717, 1.165) is 5.56 Å². The molecule has 0 aromatic heterocycles. The van der Waals surface area contributed by atoms with Gasteiger partial charge >= 0.3 is 0 Å². The highest BCUT2D eigenvalue weighted by atomic mass is 19.1. The Morgan fingerprint density at radius 1 is 1.22 bits per heavy atom. The fourth-order valence-electron chi connectivity index (χ4n) is 2.69. The molecule has 0 saturated carbocycles. The number of nitrogens with one attached hydrogen (secondary N) is 1. The fourth-order valence-corrected chi connectivity index (χ4v) is 2.69. The smallest absolute Gasteiger partial charge is 0.239 e. The lowest BCUT2D eigenvalue weighted by molar-refractivity contribution is -0.129. The number of hydrogen-bond donors (Lipinski definition) is 1. The minimum absolute atomic E-state index is 0.291. The van der Waals surface area contributed by atoms with Crippen LogP contribution in [0.4, 0.5) is 15.8 Å². The molecule has 3 rings (SSSR count). The summed E-state index contributed by atoms with van der Waals surface area (Å²) in [6.45, 7) is 2.37. The van der Waals surface area contributed by atoms with Crippen molar-refractivity contribution in [1.82, 2.24) is 0 Å². The van der Waals surface area contributed by atoms with Crippen LogP contribution in [-0.2, 0) is 9.59 Å². The first-order valence-electron chi connectivity index (χ1n) is 7.49. The van der Waals surface area contributed by atoms with Gasteiger partial charge in [-0.15, -0.1) is 0 Å². The maximum absolute atomic E-state index is 13.3. The third kappa shape index (κ3) is 3.23. The highest BCUT2D eigenvalue weighted by Gasteiger charge is 2.37. The van der Waals surface area contributed by atoms with Crippen molar-refractivity contribution >= 4 is 23.2 Å². The lowest BCUT2D eigenvalue weighted by Gasteiger charge is -2.16. The third-order valence-electron chi connectivity index (χ3n) is 3.96. The number of benzene rings is 2. The van der Waals surface area contributed by atoms with E-state index in [1.165, 1.54) is 17.0 Å². The van der Waals surface area contributed by atoms with Gasteiger partial charge in [0.2, 0.25) is 11.8 Å². The van der Waals surface area contributed by atoms with Gasteiger partial charge < -0.3 is 10.2 Å². The lowest BCUT2D eigenvalue weighted by Crippen LogP contribution is -2.33. The van der Waals surface area contributed by atoms with Gasteiger partial charge in [0, 0.05) is 17.9 Å². The molecule has 1 aliphatic rings. The van der Waals surface area contributed by atoms with E-state index in [-0.39, 0.29) is 11.8 Å². The number of anilines is 2. The molecule has 5 heteroatoms. The maximum atomic E-state index is 13.3. The van der Waals surface area contributed by atoms with Gasteiger partial charge in [0.05, 0.1) is 0 Å². The van der Waals surface area contributed by atoms with Gasteiger partial charge in [0.15, 0.2) is 0 Å². The van der Waals surface area contributed by atoms with Crippen molar-refractivity contribution in [2.75, 3.05) is 16.8 Å². The summed E-state index contributed by atoms with van der Waals surface area (Å²) in [5, 5.41) is 2.76. The zero-order valence-corrected chi connectivity index (χ0v) is 12.8. The van der Waals surface area contributed by atoms with Gasteiger partial charge in [0.1, 0.15) is 11.7 Å². The molecule has 2 aromatic carbocycles. The van der Waals surface area contributed by atoms with Crippen molar-refractivity contribution in [1.29, 1.82) is 0 Å². The second-order valence-electron chi connectivity index (χ2n) is 5.67. The largest absolute Gasteiger partial charge is 0.325 e. The average molecular weight is 312 g/mol. The highest BCUT2D eigenvalue weighted by molar-refractivity contribution is 6.13. The molecular weight excluding hydrogens is 295 g/mol. The van der Waals surface area contributed by atoms with Gasteiger partial charge in [-0.05, 0) is 43.7 Å². The molecule has 0 spiro atoms. The summed E-state index contributed by atoms with van der Waals surface area (Å²) in [6.07, 6.45) is 0.424. The number of halogens is 1. The summed E-state index contributed by atoms with van der Waals surface area (Å²) >= 11 is 0. The summed E-state index contributed by atoms with van der Waals surface area (Å²) in [5.74, 6) is -1.75. The number of rotatable bonds is 3. The molecule has 23 heavy (non-hydrogen) atoms. The summed E-state index contributed by atoms with van der Waals surface area (Å²) in [4.78, 5) is 26.2. The molecule has 4 nitrogen and oxygen atoms in total. The summed E-state index contributed by atoms with van der Waals surface area (Å²) in [5.41, 5.74) is 2.25. The van der Waals surface area contributed by atoms with Crippen LogP contribution in [0.1, 0.15) is 12.0 Å². The van der Waals surface area contributed by atoms with Crippen LogP contribution in [0.2, 0.25) is 0 Å². The Balaban J connectivity index is 1.71. The van der Waals surface area contributed by atoms with Crippen molar-refractivity contribution in [3.8, 4) is 0 Å². The molecule has 1 fully saturated rings. The van der Waals surface area contributed by atoms with Gasteiger partial charge in [-0.1, -0.05) is 23.8 Å². The molecule has 2 aromatic rings. The van der Waals surface area contributed by atoms with E-state index in [4.69, 9.17) is 0 Å². The predicted octanol–water partition coefficient (Wildman–Crippen LogP) is 3.13. The van der Waals surface area contributed by atoms with Crippen molar-refractivity contribution in [2.45, 2.75) is 13.3 Å². The van der Waals surface area contributed by atoms with Crippen LogP contribution in [0, 0.1) is 18.7 Å². The molecule has 0 radical (unpaired) electrons. The molecule has 1 unspecified atom stereocenters. The van der Waals surface area contributed by atoms with Gasteiger partial charge in [-0.25, -0.2) is 4.39 Å². The van der Waals surface area contributed by atoms with Crippen LogP contribution in [0.3, 0.4) is 0 Å². The molecule has 1 saturated heterocycles. The summed E-state index contributed by atoms with van der Waals surface area (Å²) in [7, 11) is 0. The Labute approximate surface area is 133 Å². The van der Waals surface area contributed by atoms with Gasteiger partial charge in [-0.3, -0.25) is 9.59 Å². The fraction of sp³-hybridized carbons (Fsp3) is 0.222. The van der Waals surface area contributed by atoms with E-state index >= 15 is 0 Å². The molecule has 118 valence electrons. The molecule has 1 aliphatic heterocycles. The van der Waals surface area contributed by atoms with Crippen LogP contribution >= 0.6 is 0 Å². The molecule has 2 amide bonds. The Morgan fingerprint density at radius 3 is 2.65 bits per heavy atom. The van der Waals surface area contributed by atoms with Crippen molar-refractivity contribution in [2.24, 2.45) is 5.92 Å². The molecule has 1 atom stereocenters. The number of aryl methyl sites for hydroxylation is 1. The predicted molar refractivity (Wildman–Crippen MR) is 86.7 cm³/mol. The van der Waals surface area contributed by atoms with Crippen LogP contribution in [-0.4, -0.2) is 18.4 Å². The van der Waals surface area contributed by atoms with Gasteiger partial charge in [0.25, 0.3) is 0 Å². The molecule has 0 bridgehead atoms. The van der Waals surface area contributed by atoms with Crippen molar-refractivity contribution in [3.05, 3.63) is 59.9 Å². The lowest BCUT2D eigenvalue weighted by atomic mass is 10.1. The van der Waals surface area contributed by atoms with E-state index < -0.39 is 11.7 Å². The standard InChI is InChI=1S/C18H17FN2O2/c1-12-5-7-14(8-6-12)20-17(22)16-9-10-21(18(16)23)15-4-2-3-13(19)11-15/h2-8,11,16H,9-10H2,1H3,(H,20,22). The maximum Gasteiger partial charge on any atom is 0.239 e. The van der Waals surface area contributed by atoms with E-state index in [0.29, 0.717) is 24.3 Å². The van der Waals surface area contributed by atoms with Crippen LogP contribution in [0.15, 0.2) is 48.5 Å². The molecular formula is C18H17FN2O2. The Hall–Kier alpha value is -2.69. The van der Waals surface area contributed by atoms with Crippen molar-refractivity contribution < 1.29 is 14.0 Å². The highest BCUT2D eigenvalue weighted by Crippen LogP contribution is 2.26.